The fourth-order valence-electron chi connectivity index (χ4n) is 4.95. The number of rotatable bonds is 7. The Labute approximate surface area is 185 Å². The van der Waals surface area contributed by atoms with Crippen molar-refractivity contribution in [1.29, 1.82) is 0 Å². The van der Waals surface area contributed by atoms with Crippen LogP contribution in [-0.2, 0) is 6.54 Å². The van der Waals surface area contributed by atoms with Crippen LogP contribution in [0.25, 0.3) is 0 Å². The largest absolute Gasteiger partial charge is 0.497 e. The van der Waals surface area contributed by atoms with Crippen LogP contribution >= 0.6 is 0 Å². The fraction of sp³-hybridized carbons (Fsp3) is 0.538. The minimum Gasteiger partial charge on any atom is -0.497 e. The van der Waals surface area contributed by atoms with Crippen LogP contribution in [0.2, 0.25) is 0 Å². The maximum atomic E-state index is 13.3. The van der Waals surface area contributed by atoms with Crippen LogP contribution in [-0.4, -0.2) is 62.9 Å². The highest BCUT2D eigenvalue weighted by molar-refractivity contribution is 5.47. The summed E-state index contributed by atoms with van der Waals surface area (Å²) in [7, 11) is 3.90. The summed E-state index contributed by atoms with van der Waals surface area (Å²) in [5.74, 6) is 2.21. The Balaban J connectivity index is 1.40. The lowest BCUT2D eigenvalue weighted by Crippen LogP contribution is -2.35. The zero-order valence-electron chi connectivity index (χ0n) is 19.1. The Morgan fingerprint density at radius 2 is 1.77 bits per heavy atom. The summed E-state index contributed by atoms with van der Waals surface area (Å²) >= 11 is 0. The number of fused-ring (bicyclic) bond motifs is 1. The number of hydrogen-bond acceptors (Lipinski definition) is 4. The first-order valence-corrected chi connectivity index (χ1v) is 11.5. The Morgan fingerprint density at radius 3 is 2.52 bits per heavy atom. The van der Waals surface area contributed by atoms with Crippen molar-refractivity contribution in [1.82, 2.24) is 9.80 Å². The number of ether oxygens (including phenoxy) is 2. The predicted molar refractivity (Wildman–Crippen MR) is 123 cm³/mol. The van der Waals surface area contributed by atoms with Crippen molar-refractivity contribution in [3.05, 3.63) is 58.7 Å². The van der Waals surface area contributed by atoms with E-state index in [1.165, 1.54) is 22.3 Å². The maximum Gasteiger partial charge on any atom is 0.119 e. The average molecular weight is 427 g/mol. The lowest BCUT2D eigenvalue weighted by molar-refractivity contribution is 0.143. The molecule has 1 unspecified atom stereocenters. The third-order valence-corrected chi connectivity index (χ3v) is 6.68. The second kappa shape index (κ2) is 10.0. The van der Waals surface area contributed by atoms with Crippen molar-refractivity contribution in [3.63, 3.8) is 0 Å². The second-order valence-corrected chi connectivity index (χ2v) is 9.05. The quantitative estimate of drug-likeness (QED) is 0.595. The van der Waals surface area contributed by atoms with Crippen LogP contribution in [0.5, 0.6) is 11.5 Å². The molecule has 0 aromatic heterocycles. The monoisotopic (exact) mass is 426 g/mol. The Kier molecular flexibility index (Phi) is 7.13. The van der Waals surface area contributed by atoms with Crippen LogP contribution < -0.4 is 9.47 Å². The minimum absolute atomic E-state index is 0.354. The van der Waals surface area contributed by atoms with Gasteiger partial charge in [-0.25, -0.2) is 4.39 Å². The molecule has 1 fully saturated rings. The third-order valence-electron chi connectivity index (χ3n) is 6.68. The molecule has 31 heavy (non-hydrogen) atoms. The fourth-order valence-corrected chi connectivity index (χ4v) is 4.95. The normalized spacial score (nSPS) is 20.5. The zero-order valence-corrected chi connectivity index (χ0v) is 19.1. The number of piperidine rings is 1. The molecule has 0 aliphatic carbocycles. The van der Waals surface area contributed by atoms with Crippen molar-refractivity contribution in [3.8, 4) is 11.5 Å². The second-order valence-electron chi connectivity index (χ2n) is 9.05. The highest BCUT2D eigenvalue weighted by atomic mass is 19.1. The number of alkyl halides is 1. The number of aryl methyl sites for hydroxylation is 1. The summed E-state index contributed by atoms with van der Waals surface area (Å²) < 4.78 is 24.7. The van der Waals surface area contributed by atoms with Crippen molar-refractivity contribution in [2.24, 2.45) is 0 Å². The molecule has 168 valence electrons. The van der Waals surface area contributed by atoms with E-state index in [1.807, 2.05) is 0 Å². The van der Waals surface area contributed by atoms with Gasteiger partial charge < -0.3 is 19.3 Å². The van der Waals surface area contributed by atoms with Crippen LogP contribution in [0.3, 0.4) is 0 Å². The van der Waals surface area contributed by atoms with Gasteiger partial charge in [0.2, 0.25) is 0 Å². The van der Waals surface area contributed by atoms with Crippen LogP contribution in [0, 0.1) is 6.92 Å². The highest BCUT2D eigenvalue weighted by Gasteiger charge is 2.26. The Hall–Kier alpha value is -2.11. The maximum absolute atomic E-state index is 13.3. The lowest BCUT2D eigenvalue weighted by atomic mass is 9.83. The van der Waals surface area contributed by atoms with E-state index in [-0.39, 0.29) is 0 Å². The third kappa shape index (κ3) is 5.39. The first-order chi connectivity index (χ1) is 15.0. The van der Waals surface area contributed by atoms with Crippen LogP contribution in [0.1, 0.15) is 47.4 Å². The number of methoxy groups -OCH3 is 1. The Morgan fingerprint density at radius 1 is 1.03 bits per heavy atom. The molecule has 1 saturated heterocycles. The summed E-state index contributed by atoms with van der Waals surface area (Å²) in [4.78, 5) is 4.73. The summed E-state index contributed by atoms with van der Waals surface area (Å²) in [6.07, 6.45) is 1.72. The first kappa shape index (κ1) is 22.1. The molecular formula is C26H35FN2O2. The summed E-state index contributed by atoms with van der Waals surface area (Å²) in [6, 6.07) is 13.0. The minimum atomic E-state index is -0.605. The molecule has 2 heterocycles. The number of halogens is 1. The van der Waals surface area contributed by atoms with Gasteiger partial charge in [-0.3, -0.25) is 0 Å². The number of likely N-dealkylation sites (tertiary alicyclic amines) is 1. The van der Waals surface area contributed by atoms with Gasteiger partial charge in [-0.1, -0.05) is 12.1 Å². The SMILES string of the molecule is COc1ccc(C2CN(C)Cc3cc(OCCCN4CCC(F)CC4)ccc32)c(C)c1. The topological polar surface area (TPSA) is 24.9 Å². The summed E-state index contributed by atoms with van der Waals surface area (Å²) in [5, 5.41) is 0. The van der Waals surface area contributed by atoms with Gasteiger partial charge in [0.25, 0.3) is 0 Å². The molecule has 5 heteroatoms. The molecule has 2 aromatic rings. The van der Waals surface area contributed by atoms with E-state index in [9.17, 15) is 4.39 Å². The van der Waals surface area contributed by atoms with E-state index in [1.54, 1.807) is 7.11 Å². The molecule has 2 aromatic carbocycles. The van der Waals surface area contributed by atoms with E-state index < -0.39 is 6.17 Å². The Bertz CT molecular complexity index is 880. The highest BCUT2D eigenvalue weighted by Crippen LogP contribution is 2.37. The van der Waals surface area contributed by atoms with E-state index in [2.05, 4.69) is 60.2 Å². The van der Waals surface area contributed by atoms with Gasteiger partial charge in [0.05, 0.1) is 13.7 Å². The van der Waals surface area contributed by atoms with E-state index in [4.69, 9.17) is 9.47 Å². The summed E-state index contributed by atoms with van der Waals surface area (Å²) in [6.45, 7) is 7.55. The molecule has 4 rings (SSSR count). The number of hydrogen-bond donors (Lipinski definition) is 0. The van der Waals surface area contributed by atoms with Crippen LogP contribution in [0.15, 0.2) is 36.4 Å². The summed E-state index contributed by atoms with van der Waals surface area (Å²) in [5.41, 5.74) is 5.37. The molecule has 0 amide bonds. The van der Waals surface area contributed by atoms with Gasteiger partial charge in [0, 0.05) is 38.6 Å². The van der Waals surface area contributed by atoms with Gasteiger partial charge in [0.15, 0.2) is 0 Å². The molecule has 2 aliphatic rings. The lowest BCUT2D eigenvalue weighted by Gasteiger charge is -2.33. The molecule has 1 atom stereocenters. The van der Waals surface area contributed by atoms with E-state index in [0.29, 0.717) is 25.4 Å². The number of nitrogens with zero attached hydrogens (tertiary/aromatic N) is 2. The molecule has 0 radical (unpaired) electrons. The van der Waals surface area contributed by atoms with Gasteiger partial charge >= 0.3 is 0 Å². The van der Waals surface area contributed by atoms with E-state index in [0.717, 1.165) is 50.6 Å². The molecule has 0 saturated carbocycles. The van der Waals surface area contributed by atoms with Crippen molar-refractivity contribution in [2.45, 2.75) is 44.8 Å². The van der Waals surface area contributed by atoms with Gasteiger partial charge in [-0.2, -0.15) is 0 Å². The van der Waals surface area contributed by atoms with Gasteiger partial charge in [-0.05, 0) is 79.8 Å². The van der Waals surface area contributed by atoms with Crippen molar-refractivity contribution < 1.29 is 13.9 Å². The first-order valence-electron chi connectivity index (χ1n) is 11.5. The molecule has 4 nitrogen and oxygen atoms in total. The molecule has 0 bridgehead atoms. The predicted octanol–water partition coefficient (Wildman–Crippen LogP) is 4.78. The average Bonchev–Trinajstić information content (AvgIpc) is 2.77. The molecule has 0 N–H and O–H groups in total. The van der Waals surface area contributed by atoms with Gasteiger partial charge in [0.1, 0.15) is 17.7 Å². The zero-order chi connectivity index (χ0) is 21.8. The van der Waals surface area contributed by atoms with Crippen LogP contribution in [0.4, 0.5) is 4.39 Å². The van der Waals surface area contributed by atoms with Crippen molar-refractivity contribution >= 4 is 0 Å². The standard InChI is InChI=1S/C26H35FN2O2/c1-19-15-22(30-3)5-7-24(19)26-18-28(2)17-20-16-23(6-8-25(20)26)31-14-4-11-29-12-9-21(27)10-13-29/h5-8,15-16,21,26H,4,9-14,17-18H2,1-3H3. The number of likely N-dealkylation sites (N-methyl/N-ethyl adjacent to an activating group) is 1. The smallest absolute Gasteiger partial charge is 0.119 e. The number of benzene rings is 2. The van der Waals surface area contributed by atoms with Gasteiger partial charge in [-0.15, -0.1) is 0 Å². The molecule has 2 aliphatic heterocycles. The molecule has 0 spiro atoms. The van der Waals surface area contributed by atoms with Crippen molar-refractivity contribution in [2.75, 3.05) is 46.9 Å². The van der Waals surface area contributed by atoms with E-state index >= 15 is 0 Å². The molecular weight excluding hydrogens is 391 g/mol.